The molecule has 2 unspecified atom stereocenters. The van der Waals surface area contributed by atoms with Crippen LogP contribution in [0.4, 0.5) is 0 Å². The van der Waals surface area contributed by atoms with E-state index >= 15 is 0 Å². The van der Waals surface area contributed by atoms with Crippen molar-refractivity contribution in [2.75, 3.05) is 6.61 Å². The molecule has 1 rings (SSSR count). The van der Waals surface area contributed by atoms with Gasteiger partial charge in [-0.2, -0.15) is 0 Å². The lowest BCUT2D eigenvalue weighted by atomic mass is 10.2. The summed E-state index contributed by atoms with van der Waals surface area (Å²) >= 11 is 0. The largest absolute Gasteiger partial charge is 0.374 e. The van der Waals surface area contributed by atoms with Crippen LogP contribution in [0.15, 0.2) is 30.3 Å². The van der Waals surface area contributed by atoms with Crippen LogP contribution >= 0.6 is 0 Å². The van der Waals surface area contributed by atoms with Gasteiger partial charge in [0, 0.05) is 0 Å². The van der Waals surface area contributed by atoms with Crippen molar-refractivity contribution < 1.29 is 9.47 Å². The normalized spacial score (nSPS) is 14.7. The Balaban J connectivity index is 2.13. The van der Waals surface area contributed by atoms with Crippen LogP contribution in [0.25, 0.3) is 0 Å². The van der Waals surface area contributed by atoms with E-state index in [0.29, 0.717) is 13.2 Å². The quantitative estimate of drug-likeness (QED) is 0.721. The Labute approximate surface area is 97.6 Å². The summed E-state index contributed by atoms with van der Waals surface area (Å²) in [6.45, 7) is 5.18. The van der Waals surface area contributed by atoms with Gasteiger partial charge in [-0.05, 0) is 25.8 Å². The molecule has 0 saturated heterocycles. The van der Waals surface area contributed by atoms with Crippen molar-refractivity contribution in [2.45, 2.75) is 39.2 Å². The van der Waals surface area contributed by atoms with Crippen LogP contribution in [0.5, 0.6) is 0 Å². The predicted molar refractivity (Wildman–Crippen MR) is 64.9 cm³/mol. The summed E-state index contributed by atoms with van der Waals surface area (Å²) in [5.41, 5.74) is 6.68. The Morgan fingerprint density at radius 3 is 2.44 bits per heavy atom. The highest BCUT2D eigenvalue weighted by Crippen LogP contribution is 2.05. The van der Waals surface area contributed by atoms with Crippen LogP contribution < -0.4 is 5.73 Å². The molecular weight excluding hydrogens is 202 g/mol. The summed E-state index contributed by atoms with van der Waals surface area (Å²) in [6.07, 6.45) is 0.870. The van der Waals surface area contributed by atoms with E-state index in [4.69, 9.17) is 15.2 Å². The lowest BCUT2D eigenvalue weighted by molar-refractivity contribution is 0.00593. The third-order valence-electron chi connectivity index (χ3n) is 2.28. The lowest BCUT2D eigenvalue weighted by Gasteiger charge is -2.14. The van der Waals surface area contributed by atoms with E-state index in [9.17, 15) is 0 Å². The Kier molecular flexibility index (Phi) is 6.08. The second-order valence-electron chi connectivity index (χ2n) is 3.97. The van der Waals surface area contributed by atoms with E-state index in [2.05, 4.69) is 12.1 Å². The molecular formula is C13H21NO2. The maximum atomic E-state index is 5.69. The molecule has 0 saturated carbocycles. The molecule has 0 fully saturated rings. The number of hydrogen-bond acceptors (Lipinski definition) is 3. The molecule has 0 radical (unpaired) electrons. The molecule has 1 aromatic carbocycles. The average molecular weight is 223 g/mol. The van der Waals surface area contributed by atoms with Crippen LogP contribution in [-0.4, -0.2) is 18.9 Å². The van der Waals surface area contributed by atoms with Crippen LogP contribution in [0.2, 0.25) is 0 Å². The minimum absolute atomic E-state index is 0.193. The van der Waals surface area contributed by atoms with Crippen molar-refractivity contribution >= 4 is 0 Å². The van der Waals surface area contributed by atoms with Crippen molar-refractivity contribution in [1.82, 2.24) is 0 Å². The first-order chi connectivity index (χ1) is 7.68. The summed E-state index contributed by atoms with van der Waals surface area (Å²) in [5, 5.41) is 0. The first-order valence-electron chi connectivity index (χ1n) is 5.71. The van der Waals surface area contributed by atoms with E-state index in [0.717, 1.165) is 6.42 Å². The van der Waals surface area contributed by atoms with Crippen molar-refractivity contribution in [3.05, 3.63) is 35.9 Å². The molecule has 0 aliphatic rings. The number of hydrogen-bond donors (Lipinski definition) is 1. The van der Waals surface area contributed by atoms with Gasteiger partial charge in [0.1, 0.15) is 6.23 Å². The summed E-state index contributed by atoms with van der Waals surface area (Å²) in [7, 11) is 0. The number of nitrogens with two attached hydrogens (primary N) is 1. The van der Waals surface area contributed by atoms with E-state index in [1.54, 1.807) is 0 Å². The fourth-order valence-corrected chi connectivity index (χ4v) is 1.32. The molecule has 0 bridgehead atoms. The Morgan fingerprint density at radius 2 is 1.81 bits per heavy atom. The smallest absolute Gasteiger partial charge is 0.102 e. The molecule has 0 aromatic heterocycles. The van der Waals surface area contributed by atoms with E-state index in [-0.39, 0.29) is 12.3 Å². The average Bonchev–Trinajstić information content (AvgIpc) is 2.27. The Bertz CT molecular complexity index is 275. The van der Waals surface area contributed by atoms with Gasteiger partial charge in [0.25, 0.3) is 0 Å². The van der Waals surface area contributed by atoms with Gasteiger partial charge in [0.05, 0.1) is 19.3 Å². The standard InChI is InChI=1S/C13H21NO2/c1-11(8-9-15-12(2)14)16-10-13-6-4-3-5-7-13/h3-7,11-12H,8-10,14H2,1-2H3. The topological polar surface area (TPSA) is 44.5 Å². The third kappa shape index (κ3) is 5.85. The number of benzene rings is 1. The molecule has 0 aliphatic carbocycles. The maximum Gasteiger partial charge on any atom is 0.102 e. The van der Waals surface area contributed by atoms with Crippen molar-refractivity contribution in [2.24, 2.45) is 5.73 Å². The van der Waals surface area contributed by atoms with Crippen molar-refractivity contribution in [3.63, 3.8) is 0 Å². The van der Waals surface area contributed by atoms with E-state index in [1.165, 1.54) is 5.56 Å². The predicted octanol–water partition coefficient (Wildman–Crippen LogP) is 2.30. The minimum Gasteiger partial charge on any atom is -0.374 e. The molecule has 0 spiro atoms. The monoisotopic (exact) mass is 223 g/mol. The second kappa shape index (κ2) is 7.39. The first kappa shape index (κ1) is 13.2. The lowest BCUT2D eigenvalue weighted by Crippen LogP contribution is -2.21. The SMILES string of the molecule is CC(N)OCCC(C)OCc1ccccc1. The van der Waals surface area contributed by atoms with Crippen LogP contribution in [-0.2, 0) is 16.1 Å². The fraction of sp³-hybridized carbons (Fsp3) is 0.538. The fourth-order valence-electron chi connectivity index (χ4n) is 1.32. The maximum absolute atomic E-state index is 5.69. The molecule has 3 heteroatoms. The molecule has 16 heavy (non-hydrogen) atoms. The number of ether oxygens (including phenoxy) is 2. The molecule has 3 nitrogen and oxygen atoms in total. The summed E-state index contributed by atoms with van der Waals surface area (Å²) in [6, 6.07) is 10.2. The van der Waals surface area contributed by atoms with Gasteiger partial charge >= 0.3 is 0 Å². The molecule has 0 amide bonds. The molecule has 90 valence electrons. The van der Waals surface area contributed by atoms with E-state index < -0.39 is 0 Å². The van der Waals surface area contributed by atoms with Crippen LogP contribution in [0.3, 0.4) is 0 Å². The first-order valence-corrected chi connectivity index (χ1v) is 5.71. The highest BCUT2D eigenvalue weighted by Gasteiger charge is 2.03. The summed E-state index contributed by atoms with van der Waals surface area (Å²) in [4.78, 5) is 0. The van der Waals surface area contributed by atoms with Gasteiger partial charge in [-0.1, -0.05) is 30.3 Å². The zero-order valence-electron chi connectivity index (χ0n) is 10.1. The van der Waals surface area contributed by atoms with Gasteiger partial charge in [0.2, 0.25) is 0 Å². The molecule has 2 atom stereocenters. The van der Waals surface area contributed by atoms with Crippen LogP contribution in [0.1, 0.15) is 25.8 Å². The van der Waals surface area contributed by atoms with Gasteiger partial charge in [-0.3, -0.25) is 0 Å². The highest BCUT2D eigenvalue weighted by molar-refractivity contribution is 5.13. The molecule has 2 N–H and O–H groups in total. The summed E-state index contributed by atoms with van der Waals surface area (Å²) in [5.74, 6) is 0. The third-order valence-corrected chi connectivity index (χ3v) is 2.28. The Hall–Kier alpha value is -0.900. The van der Waals surface area contributed by atoms with Crippen molar-refractivity contribution in [3.8, 4) is 0 Å². The second-order valence-corrected chi connectivity index (χ2v) is 3.97. The summed E-state index contributed by atoms with van der Waals surface area (Å²) < 4.78 is 11.0. The molecule has 0 heterocycles. The molecule has 0 aliphatic heterocycles. The zero-order chi connectivity index (χ0) is 11.8. The van der Waals surface area contributed by atoms with Crippen LogP contribution in [0, 0.1) is 0 Å². The van der Waals surface area contributed by atoms with E-state index in [1.807, 2.05) is 32.0 Å². The van der Waals surface area contributed by atoms with Gasteiger partial charge in [-0.15, -0.1) is 0 Å². The van der Waals surface area contributed by atoms with Gasteiger partial charge in [-0.25, -0.2) is 0 Å². The number of rotatable bonds is 7. The van der Waals surface area contributed by atoms with Gasteiger partial charge in [0.15, 0.2) is 0 Å². The Morgan fingerprint density at radius 1 is 1.12 bits per heavy atom. The molecule has 1 aromatic rings. The highest BCUT2D eigenvalue weighted by atomic mass is 16.5. The van der Waals surface area contributed by atoms with Crippen molar-refractivity contribution in [1.29, 1.82) is 0 Å². The van der Waals surface area contributed by atoms with Gasteiger partial charge < -0.3 is 15.2 Å². The minimum atomic E-state index is -0.193. The zero-order valence-corrected chi connectivity index (χ0v) is 10.1.